The molecule has 1 heterocycles. The summed E-state index contributed by atoms with van der Waals surface area (Å²) in [6.45, 7) is 2.01. The summed E-state index contributed by atoms with van der Waals surface area (Å²) in [5, 5.41) is 0. The first kappa shape index (κ1) is 16.7. The highest BCUT2D eigenvalue weighted by Gasteiger charge is 2.13. The number of esters is 1. The Labute approximate surface area is 146 Å². The number of hydrogen-bond acceptors (Lipinski definition) is 3. The maximum absolute atomic E-state index is 13.0. The average molecular weight is 333 g/mol. The second-order valence-corrected chi connectivity index (χ2v) is 6.02. The Kier molecular flexibility index (Phi) is 4.52. The summed E-state index contributed by atoms with van der Waals surface area (Å²) in [5.41, 5.74) is 4.23. The van der Waals surface area contributed by atoms with Crippen molar-refractivity contribution in [2.75, 3.05) is 7.11 Å². The van der Waals surface area contributed by atoms with Crippen LogP contribution < -0.4 is 5.43 Å². The number of hydrogen-bond donors (Lipinski definition) is 0. The number of pyridine rings is 1. The quantitative estimate of drug-likeness (QED) is 0.685. The fourth-order valence-electron chi connectivity index (χ4n) is 2.78. The molecule has 0 N–H and O–H groups in total. The van der Waals surface area contributed by atoms with Gasteiger partial charge in [0.05, 0.1) is 12.7 Å². The van der Waals surface area contributed by atoms with Gasteiger partial charge in [0.25, 0.3) is 0 Å². The smallest absolute Gasteiger partial charge is 0.337 e. The van der Waals surface area contributed by atoms with Gasteiger partial charge in [0.2, 0.25) is 0 Å². The van der Waals surface area contributed by atoms with Crippen LogP contribution in [0.4, 0.5) is 0 Å². The zero-order chi connectivity index (χ0) is 18.0. The van der Waals surface area contributed by atoms with E-state index in [1.165, 1.54) is 7.11 Å². The fraction of sp³-hybridized carbons (Fsp3) is 0.143. The van der Waals surface area contributed by atoms with Crippen molar-refractivity contribution in [1.82, 2.24) is 4.57 Å². The Morgan fingerprint density at radius 3 is 2.24 bits per heavy atom. The molecule has 0 spiro atoms. The molecule has 126 valence electrons. The minimum absolute atomic E-state index is 0.0658. The number of aryl methyl sites for hydroxylation is 2. The highest BCUT2D eigenvalue weighted by molar-refractivity contribution is 5.91. The van der Waals surface area contributed by atoms with E-state index in [2.05, 4.69) is 0 Å². The van der Waals surface area contributed by atoms with E-state index in [1.807, 2.05) is 55.1 Å². The monoisotopic (exact) mass is 333 g/mol. The first-order valence-electron chi connectivity index (χ1n) is 7.95. The van der Waals surface area contributed by atoms with Crippen molar-refractivity contribution in [1.29, 1.82) is 0 Å². The molecule has 0 saturated heterocycles. The number of carbonyl (C=O) groups excluding carboxylic acids is 1. The van der Waals surface area contributed by atoms with E-state index in [1.54, 1.807) is 24.4 Å². The van der Waals surface area contributed by atoms with Gasteiger partial charge in [0, 0.05) is 30.6 Å². The number of carbonyl (C=O) groups is 1. The van der Waals surface area contributed by atoms with Gasteiger partial charge in [0.15, 0.2) is 5.43 Å². The first-order valence-corrected chi connectivity index (χ1v) is 7.95. The zero-order valence-electron chi connectivity index (χ0n) is 14.4. The third kappa shape index (κ3) is 3.38. The van der Waals surface area contributed by atoms with Gasteiger partial charge in [-0.1, -0.05) is 42.0 Å². The lowest BCUT2D eigenvalue weighted by Crippen LogP contribution is -2.12. The summed E-state index contributed by atoms with van der Waals surface area (Å²) < 4.78 is 6.62. The summed E-state index contributed by atoms with van der Waals surface area (Å²) in [5.74, 6) is -0.423. The van der Waals surface area contributed by atoms with Crippen LogP contribution in [0.2, 0.25) is 0 Å². The summed E-state index contributed by atoms with van der Waals surface area (Å²) in [6.07, 6.45) is 3.59. The molecule has 2 aromatic carbocycles. The van der Waals surface area contributed by atoms with Gasteiger partial charge in [-0.15, -0.1) is 0 Å². The lowest BCUT2D eigenvalue weighted by atomic mass is 9.99. The Bertz CT molecular complexity index is 985. The molecule has 3 aromatic rings. The fourth-order valence-corrected chi connectivity index (χ4v) is 2.78. The molecular formula is C21H19NO3. The van der Waals surface area contributed by atoms with Crippen molar-refractivity contribution in [3.05, 3.63) is 82.3 Å². The van der Waals surface area contributed by atoms with Crippen molar-refractivity contribution in [2.24, 2.45) is 7.05 Å². The van der Waals surface area contributed by atoms with Crippen LogP contribution in [0.3, 0.4) is 0 Å². The average Bonchev–Trinajstić information content (AvgIpc) is 2.63. The molecule has 4 heteroatoms. The molecule has 4 nitrogen and oxygen atoms in total. The van der Waals surface area contributed by atoms with Crippen LogP contribution in [0, 0.1) is 6.92 Å². The summed E-state index contributed by atoms with van der Waals surface area (Å²) in [6, 6.07) is 14.8. The predicted molar refractivity (Wildman–Crippen MR) is 98.6 cm³/mol. The molecule has 0 aliphatic heterocycles. The van der Waals surface area contributed by atoms with E-state index < -0.39 is 5.97 Å². The largest absolute Gasteiger partial charge is 0.465 e. The molecule has 3 rings (SSSR count). The Morgan fingerprint density at radius 1 is 0.960 bits per heavy atom. The first-order chi connectivity index (χ1) is 12.0. The van der Waals surface area contributed by atoms with Crippen molar-refractivity contribution < 1.29 is 9.53 Å². The second-order valence-electron chi connectivity index (χ2n) is 6.02. The number of aromatic nitrogens is 1. The molecule has 0 fully saturated rings. The molecule has 0 amide bonds. The molecule has 0 atom stereocenters. The molecule has 25 heavy (non-hydrogen) atoms. The summed E-state index contributed by atoms with van der Waals surface area (Å²) in [4.78, 5) is 24.8. The van der Waals surface area contributed by atoms with Crippen LogP contribution in [0.15, 0.2) is 65.7 Å². The molecule has 0 aliphatic rings. The molecule has 0 radical (unpaired) electrons. The molecule has 0 aliphatic carbocycles. The van der Waals surface area contributed by atoms with Crippen LogP contribution >= 0.6 is 0 Å². The van der Waals surface area contributed by atoms with Crippen molar-refractivity contribution in [3.8, 4) is 22.3 Å². The van der Waals surface area contributed by atoms with Crippen LogP contribution in [-0.2, 0) is 11.8 Å². The van der Waals surface area contributed by atoms with E-state index in [9.17, 15) is 9.59 Å². The summed E-state index contributed by atoms with van der Waals surface area (Å²) in [7, 11) is 3.22. The highest BCUT2D eigenvalue weighted by Crippen LogP contribution is 2.22. The maximum Gasteiger partial charge on any atom is 0.337 e. The molecule has 0 bridgehead atoms. The number of methoxy groups -OCH3 is 1. The van der Waals surface area contributed by atoms with Crippen LogP contribution in [0.25, 0.3) is 22.3 Å². The van der Waals surface area contributed by atoms with Gasteiger partial charge in [-0.05, 0) is 30.2 Å². The Morgan fingerprint density at radius 2 is 1.60 bits per heavy atom. The van der Waals surface area contributed by atoms with Crippen molar-refractivity contribution in [3.63, 3.8) is 0 Å². The minimum atomic E-state index is -0.423. The van der Waals surface area contributed by atoms with Gasteiger partial charge in [-0.2, -0.15) is 0 Å². The van der Waals surface area contributed by atoms with Gasteiger partial charge in [-0.3, -0.25) is 4.79 Å². The van der Waals surface area contributed by atoms with Crippen LogP contribution in [-0.4, -0.2) is 17.6 Å². The number of ether oxygens (including phenoxy) is 1. The number of benzene rings is 2. The number of nitrogens with zero attached hydrogens (tertiary/aromatic N) is 1. The number of rotatable bonds is 3. The van der Waals surface area contributed by atoms with Gasteiger partial charge >= 0.3 is 5.97 Å². The maximum atomic E-state index is 13.0. The van der Waals surface area contributed by atoms with Gasteiger partial charge in [-0.25, -0.2) is 4.79 Å². The molecule has 0 unspecified atom stereocenters. The van der Waals surface area contributed by atoms with E-state index >= 15 is 0 Å². The van der Waals surface area contributed by atoms with Gasteiger partial charge < -0.3 is 9.30 Å². The van der Waals surface area contributed by atoms with Crippen molar-refractivity contribution >= 4 is 5.97 Å². The van der Waals surface area contributed by atoms with E-state index in [0.29, 0.717) is 22.3 Å². The SMILES string of the molecule is COC(=O)c1cccc(-c2cn(C)cc(-c3ccc(C)cc3)c2=O)c1. The molecule has 1 aromatic heterocycles. The van der Waals surface area contributed by atoms with Crippen molar-refractivity contribution in [2.45, 2.75) is 6.92 Å². The summed E-state index contributed by atoms with van der Waals surface area (Å²) >= 11 is 0. The van der Waals surface area contributed by atoms with Gasteiger partial charge in [0.1, 0.15) is 0 Å². The molecular weight excluding hydrogens is 314 g/mol. The highest BCUT2D eigenvalue weighted by atomic mass is 16.5. The second kappa shape index (κ2) is 6.77. The van der Waals surface area contributed by atoms with E-state index in [4.69, 9.17) is 4.74 Å². The Hall–Kier alpha value is -3.14. The minimum Gasteiger partial charge on any atom is -0.465 e. The Balaban J connectivity index is 2.17. The lowest BCUT2D eigenvalue weighted by molar-refractivity contribution is 0.0601. The standard InChI is InChI=1S/C21H19NO3/c1-14-7-9-15(10-8-14)18-12-22(2)13-19(20(18)23)16-5-4-6-17(11-16)21(24)25-3/h4-13H,1-3H3. The third-order valence-corrected chi connectivity index (χ3v) is 4.11. The van der Waals surface area contributed by atoms with E-state index in [0.717, 1.165) is 11.1 Å². The topological polar surface area (TPSA) is 48.3 Å². The molecule has 0 saturated carbocycles. The normalized spacial score (nSPS) is 10.5. The zero-order valence-corrected chi connectivity index (χ0v) is 14.4. The lowest BCUT2D eigenvalue weighted by Gasteiger charge is -2.10. The van der Waals surface area contributed by atoms with Crippen LogP contribution in [0.1, 0.15) is 15.9 Å². The third-order valence-electron chi connectivity index (χ3n) is 4.11. The van der Waals surface area contributed by atoms with Crippen LogP contribution in [0.5, 0.6) is 0 Å². The van der Waals surface area contributed by atoms with E-state index in [-0.39, 0.29) is 5.43 Å². The predicted octanol–water partition coefficient (Wildman–Crippen LogP) is 3.81.